The molecule has 0 saturated heterocycles. The number of benzene rings is 2. The SMILES string of the molecule is Cn1nc(-c2ccccc2C(C)(C)O)cc1-c1ccccc1. The monoisotopic (exact) mass is 292 g/mol. The zero-order valence-electron chi connectivity index (χ0n) is 13.1. The Labute approximate surface area is 130 Å². The average Bonchev–Trinajstić information content (AvgIpc) is 2.89. The van der Waals surface area contributed by atoms with Gasteiger partial charge in [0.05, 0.1) is 17.0 Å². The molecule has 0 aliphatic carbocycles. The second kappa shape index (κ2) is 5.43. The summed E-state index contributed by atoms with van der Waals surface area (Å²) in [7, 11) is 1.94. The van der Waals surface area contributed by atoms with Gasteiger partial charge in [0.1, 0.15) is 0 Å². The molecule has 0 aliphatic heterocycles. The van der Waals surface area contributed by atoms with Crippen molar-refractivity contribution < 1.29 is 5.11 Å². The van der Waals surface area contributed by atoms with Crippen LogP contribution in [-0.4, -0.2) is 14.9 Å². The normalized spacial score (nSPS) is 11.6. The molecule has 3 rings (SSSR count). The molecule has 1 heterocycles. The molecule has 0 saturated carbocycles. The van der Waals surface area contributed by atoms with E-state index in [1.54, 1.807) is 13.8 Å². The first-order valence-corrected chi connectivity index (χ1v) is 7.38. The fourth-order valence-corrected chi connectivity index (χ4v) is 2.72. The van der Waals surface area contributed by atoms with E-state index in [1.165, 1.54) is 0 Å². The van der Waals surface area contributed by atoms with E-state index in [2.05, 4.69) is 23.3 Å². The van der Waals surface area contributed by atoms with E-state index < -0.39 is 5.60 Å². The van der Waals surface area contributed by atoms with Gasteiger partial charge in [0.15, 0.2) is 0 Å². The van der Waals surface area contributed by atoms with Crippen LogP contribution in [0.2, 0.25) is 0 Å². The summed E-state index contributed by atoms with van der Waals surface area (Å²) >= 11 is 0. The largest absolute Gasteiger partial charge is 0.386 e. The molecular formula is C19H20N2O. The molecule has 3 nitrogen and oxygen atoms in total. The summed E-state index contributed by atoms with van der Waals surface area (Å²) in [5.74, 6) is 0. The van der Waals surface area contributed by atoms with Crippen LogP contribution in [0.1, 0.15) is 19.4 Å². The minimum atomic E-state index is -0.902. The number of rotatable bonds is 3. The third-order valence-corrected chi connectivity index (χ3v) is 3.81. The molecule has 1 N–H and O–H groups in total. The lowest BCUT2D eigenvalue weighted by Crippen LogP contribution is -2.16. The summed E-state index contributed by atoms with van der Waals surface area (Å²) in [5, 5.41) is 15.0. The van der Waals surface area contributed by atoms with E-state index in [1.807, 2.05) is 54.2 Å². The van der Waals surface area contributed by atoms with Gasteiger partial charge in [-0.1, -0.05) is 54.6 Å². The van der Waals surface area contributed by atoms with Crippen LogP contribution in [0.5, 0.6) is 0 Å². The third-order valence-electron chi connectivity index (χ3n) is 3.81. The van der Waals surface area contributed by atoms with E-state index >= 15 is 0 Å². The van der Waals surface area contributed by atoms with Gasteiger partial charge >= 0.3 is 0 Å². The van der Waals surface area contributed by atoms with Crippen molar-refractivity contribution in [2.75, 3.05) is 0 Å². The van der Waals surface area contributed by atoms with Gasteiger partial charge < -0.3 is 5.11 Å². The number of nitrogens with zero attached hydrogens (tertiary/aromatic N) is 2. The summed E-state index contributed by atoms with van der Waals surface area (Å²) in [6.45, 7) is 3.60. The maximum atomic E-state index is 10.4. The van der Waals surface area contributed by atoms with Crippen molar-refractivity contribution in [3.05, 3.63) is 66.2 Å². The standard InChI is InChI=1S/C19H20N2O/c1-19(2,22)16-12-8-7-11-15(16)17-13-18(21(3)20-17)14-9-5-4-6-10-14/h4-13,22H,1-3H3. The Balaban J connectivity index is 2.12. The van der Waals surface area contributed by atoms with Crippen LogP contribution in [0.25, 0.3) is 22.5 Å². The van der Waals surface area contributed by atoms with Crippen molar-refractivity contribution in [2.24, 2.45) is 7.05 Å². The van der Waals surface area contributed by atoms with Crippen molar-refractivity contribution in [1.29, 1.82) is 0 Å². The molecular weight excluding hydrogens is 272 g/mol. The van der Waals surface area contributed by atoms with Gasteiger partial charge in [-0.15, -0.1) is 0 Å². The first kappa shape index (κ1) is 14.5. The molecule has 0 amide bonds. The second-order valence-corrected chi connectivity index (χ2v) is 6.01. The Kier molecular flexibility index (Phi) is 3.59. The molecule has 22 heavy (non-hydrogen) atoms. The van der Waals surface area contributed by atoms with Crippen LogP contribution in [0.4, 0.5) is 0 Å². The molecule has 2 aromatic carbocycles. The predicted molar refractivity (Wildman–Crippen MR) is 89.3 cm³/mol. The first-order valence-electron chi connectivity index (χ1n) is 7.38. The summed E-state index contributed by atoms with van der Waals surface area (Å²) in [6.07, 6.45) is 0. The van der Waals surface area contributed by atoms with Crippen molar-refractivity contribution in [1.82, 2.24) is 9.78 Å². The lowest BCUT2D eigenvalue weighted by molar-refractivity contribution is 0.0792. The van der Waals surface area contributed by atoms with Crippen molar-refractivity contribution >= 4 is 0 Å². The smallest absolute Gasteiger partial charge is 0.0933 e. The van der Waals surface area contributed by atoms with Gasteiger partial charge in [-0.25, -0.2) is 0 Å². The third kappa shape index (κ3) is 2.68. The summed E-state index contributed by atoms with van der Waals surface area (Å²) in [4.78, 5) is 0. The average molecular weight is 292 g/mol. The highest BCUT2D eigenvalue weighted by molar-refractivity contribution is 5.71. The molecule has 0 unspecified atom stereocenters. The van der Waals surface area contributed by atoms with Gasteiger partial charge in [-0.3, -0.25) is 4.68 Å². The van der Waals surface area contributed by atoms with Gasteiger partial charge in [-0.05, 0) is 31.0 Å². The van der Waals surface area contributed by atoms with Crippen LogP contribution < -0.4 is 0 Å². The number of aliphatic hydroxyl groups is 1. The summed E-state index contributed by atoms with van der Waals surface area (Å²) in [5.41, 5.74) is 4.01. The molecule has 0 radical (unpaired) electrons. The van der Waals surface area contributed by atoms with E-state index in [0.29, 0.717) is 0 Å². The van der Waals surface area contributed by atoms with Crippen LogP contribution in [0.15, 0.2) is 60.7 Å². The number of aryl methyl sites for hydroxylation is 1. The molecule has 0 atom stereocenters. The van der Waals surface area contributed by atoms with Gasteiger partial charge in [0.25, 0.3) is 0 Å². The highest BCUT2D eigenvalue weighted by Gasteiger charge is 2.22. The highest BCUT2D eigenvalue weighted by atomic mass is 16.3. The van der Waals surface area contributed by atoms with E-state index in [4.69, 9.17) is 0 Å². The maximum Gasteiger partial charge on any atom is 0.0933 e. The maximum absolute atomic E-state index is 10.4. The first-order chi connectivity index (χ1) is 10.5. The quantitative estimate of drug-likeness (QED) is 0.793. The zero-order valence-corrected chi connectivity index (χ0v) is 13.1. The van der Waals surface area contributed by atoms with Crippen LogP contribution in [0.3, 0.4) is 0 Å². The lowest BCUT2D eigenvalue weighted by Gasteiger charge is -2.20. The van der Waals surface area contributed by atoms with Crippen LogP contribution in [-0.2, 0) is 12.6 Å². The molecule has 3 heteroatoms. The van der Waals surface area contributed by atoms with Crippen molar-refractivity contribution in [3.8, 4) is 22.5 Å². The highest BCUT2D eigenvalue weighted by Crippen LogP contribution is 2.32. The molecule has 0 spiro atoms. The van der Waals surface area contributed by atoms with Crippen molar-refractivity contribution in [3.63, 3.8) is 0 Å². The minimum absolute atomic E-state index is 0.874. The van der Waals surface area contributed by atoms with Crippen LogP contribution in [0, 0.1) is 0 Å². The fourth-order valence-electron chi connectivity index (χ4n) is 2.72. The Morgan fingerprint density at radius 1 is 0.955 bits per heavy atom. The Morgan fingerprint density at radius 3 is 2.27 bits per heavy atom. The molecule has 0 fully saturated rings. The Bertz CT molecular complexity index is 783. The number of hydrogen-bond acceptors (Lipinski definition) is 2. The van der Waals surface area contributed by atoms with Crippen molar-refractivity contribution in [2.45, 2.75) is 19.4 Å². The second-order valence-electron chi connectivity index (χ2n) is 6.01. The minimum Gasteiger partial charge on any atom is -0.386 e. The lowest BCUT2D eigenvalue weighted by atomic mass is 9.91. The Morgan fingerprint density at radius 2 is 1.59 bits per heavy atom. The predicted octanol–water partition coefficient (Wildman–Crippen LogP) is 3.98. The molecule has 0 bridgehead atoms. The van der Waals surface area contributed by atoms with Gasteiger partial charge in [-0.2, -0.15) is 5.10 Å². The Hall–Kier alpha value is -2.39. The van der Waals surface area contributed by atoms with Gasteiger partial charge in [0.2, 0.25) is 0 Å². The topological polar surface area (TPSA) is 38.0 Å². The van der Waals surface area contributed by atoms with E-state index in [9.17, 15) is 5.11 Å². The summed E-state index contributed by atoms with van der Waals surface area (Å²) < 4.78 is 1.88. The number of aromatic nitrogens is 2. The molecule has 3 aromatic rings. The van der Waals surface area contributed by atoms with Gasteiger partial charge in [0, 0.05) is 12.6 Å². The van der Waals surface area contributed by atoms with Crippen LogP contribution >= 0.6 is 0 Å². The number of hydrogen-bond donors (Lipinski definition) is 1. The molecule has 0 aliphatic rings. The molecule has 1 aromatic heterocycles. The fraction of sp³-hybridized carbons (Fsp3) is 0.211. The molecule has 112 valence electrons. The zero-order chi connectivity index (χ0) is 15.7. The van der Waals surface area contributed by atoms with E-state index in [-0.39, 0.29) is 0 Å². The summed E-state index contributed by atoms with van der Waals surface area (Å²) in [6, 6.07) is 20.1. The van der Waals surface area contributed by atoms with E-state index in [0.717, 1.165) is 28.1 Å².